The monoisotopic (exact) mass is 2060 g/mol. The molecule has 0 saturated heterocycles. The molecule has 0 aliphatic rings. The number of carbonyl (C=O) groups excluding carboxylic acids is 5. The lowest BCUT2D eigenvalue weighted by molar-refractivity contribution is -0.115. The summed E-state index contributed by atoms with van der Waals surface area (Å²) >= 11 is 0. The van der Waals surface area contributed by atoms with E-state index in [1.165, 1.54) is 72.1 Å². The molecule has 15 rings (SSSR count). The summed E-state index contributed by atoms with van der Waals surface area (Å²) in [5, 5.41) is 13.8. The molecule has 3 heterocycles. The molecule has 5 N–H and O–H groups in total. The van der Waals surface area contributed by atoms with Gasteiger partial charge in [0.05, 0.1) is 77.1 Å². The van der Waals surface area contributed by atoms with Crippen LogP contribution in [0.4, 0.5) is 56.9 Å². The van der Waals surface area contributed by atoms with Gasteiger partial charge in [-0.2, -0.15) is 0 Å². The van der Waals surface area contributed by atoms with Crippen LogP contribution < -0.4 is 52.8 Å². The van der Waals surface area contributed by atoms with Gasteiger partial charge in [0.2, 0.25) is 29.5 Å². The van der Waals surface area contributed by atoms with Crippen molar-refractivity contribution in [1.29, 1.82) is 0 Å². The number of nitrogens with one attached hydrogen (secondary N) is 5. The molecule has 756 valence electrons. The number of aromatic nitrogens is 3. The fourth-order valence-electron chi connectivity index (χ4n) is 15.0. The second-order valence-corrected chi connectivity index (χ2v) is 43.7. The van der Waals surface area contributed by atoms with E-state index in [2.05, 4.69) is 41.5 Å². The first-order valence-electron chi connectivity index (χ1n) is 46.1. The summed E-state index contributed by atoms with van der Waals surface area (Å²) in [6.07, 6.45) is 6.44. The minimum atomic E-state index is -3.96. The van der Waals surface area contributed by atoms with Gasteiger partial charge in [-0.15, -0.1) is 0 Å². The van der Waals surface area contributed by atoms with E-state index in [9.17, 15) is 66.1 Å². The van der Waals surface area contributed by atoms with Crippen LogP contribution in [0.1, 0.15) is 78.1 Å². The van der Waals surface area contributed by atoms with E-state index in [-0.39, 0.29) is 57.2 Å². The lowest BCUT2D eigenvalue weighted by Gasteiger charge is -2.26. The van der Waals surface area contributed by atoms with Crippen molar-refractivity contribution in [2.24, 2.45) is 0 Å². The van der Waals surface area contributed by atoms with Crippen molar-refractivity contribution in [3.8, 4) is 5.75 Å². The predicted octanol–water partition coefficient (Wildman–Crippen LogP) is 20.1. The van der Waals surface area contributed by atoms with E-state index in [1.54, 1.807) is 214 Å². The highest BCUT2D eigenvalue weighted by molar-refractivity contribution is 7.94. The van der Waals surface area contributed by atoms with Crippen molar-refractivity contribution in [3.05, 3.63) is 424 Å². The van der Waals surface area contributed by atoms with Gasteiger partial charge in [-0.05, 0) is 309 Å². The zero-order valence-corrected chi connectivity index (χ0v) is 87.7. The molecule has 0 bridgehead atoms. The Morgan fingerprint density at radius 3 is 0.849 bits per heavy atom. The lowest BCUT2D eigenvalue weighted by atomic mass is 10.1. The second kappa shape index (κ2) is 50.3. The van der Waals surface area contributed by atoms with E-state index in [0.29, 0.717) is 68.3 Å². The molecule has 0 fully saturated rings. The van der Waals surface area contributed by atoms with E-state index in [4.69, 9.17) is 4.74 Å². The van der Waals surface area contributed by atoms with Crippen molar-refractivity contribution >= 4 is 137 Å². The topological polar surface area (TPSA) is 380 Å². The van der Waals surface area contributed by atoms with Crippen LogP contribution in [0.15, 0.2) is 371 Å². The van der Waals surface area contributed by atoms with Crippen LogP contribution in [0.3, 0.4) is 0 Å². The van der Waals surface area contributed by atoms with Crippen molar-refractivity contribution in [1.82, 2.24) is 15.0 Å². The zero-order chi connectivity index (χ0) is 106. The summed E-state index contributed by atoms with van der Waals surface area (Å²) in [5.41, 5.74) is 16.8. The molecule has 0 aliphatic heterocycles. The number of carbonyl (C=O) groups is 5. The molecular formula is C112H117N13O16S5. The first-order valence-corrected chi connectivity index (χ1v) is 53.3. The Hall–Kier alpha value is -16.0. The number of aryl methyl sites for hydroxylation is 14. The number of anilines is 10. The predicted molar refractivity (Wildman–Crippen MR) is 579 cm³/mol. The van der Waals surface area contributed by atoms with Crippen molar-refractivity contribution in [2.45, 2.75) is 121 Å². The first-order chi connectivity index (χ1) is 69.4. The quantitative estimate of drug-likeness (QED) is 0.0269. The Morgan fingerprint density at radius 1 is 0.253 bits per heavy atom. The molecule has 0 aliphatic carbocycles. The number of ether oxygens (including phenoxy) is 1. The largest absolute Gasteiger partial charge is 0.495 e. The Kier molecular flexibility index (Phi) is 38.0. The highest BCUT2D eigenvalue weighted by Crippen LogP contribution is 2.36. The van der Waals surface area contributed by atoms with Gasteiger partial charge in [0.15, 0.2) is 0 Å². The van der Waals surface area contributed by atoms with E-state index in [0.717, 1.165) is 89.7 Å². The minimum absolute atomic E-state index is 0.121. The van der Waals surface area contributed by atoms with Gasteiger partial charge in [0.25, 0.3) is 50.1 Å². The Bertz CT molecular complexity index is 7420. The van der Waals surface area contributed by atoms with Crippen LogP contribution in [-0.2, 0) is 74.1 Å². The molecule has 0 spiro atoms. The molecule has 0 radical (unpaired) electrons. The van der Waals surface area contributed by atoms with E-state index >= 15 is 0 Å². The van der Waals surface area contributed by atoms with Gasteiger partial charge >= 0.3 is 0 Å². The molecule has 15 aromatic rings. The number of sulfonamides is 5. The van der Waals surface area contributed by atoms with Crippen LogP contribution in [0, 0.1) is 96.9 Å². The fourth-order valence-corrected chi connectivity index (χ4v) is 22.5. The van der Waals surface area contributed by atoms with E-state index in [1.807, 2.05) is 169 Å². The lowest BCUT2D eigenvalue weighted by Crippen LogP contribution is -2.38. The van der Waals surface area contributed by atoms with Crippen molar-refractivity contribution in [3.63, 3.8) is 0 Å². The highest BCUT2D eigenvalue weighted by atomic mass is 32.2. The molecule has 0 saturated carbocycles. The van der Waals surface area contributed by atoms with Crippen molar-refractivity contribution in [2.75, 3.05) is 87.9 Å². The fraction of sp³-hybridized carbons (Fsp3) is 0.179. The number of hydrogen-bond donors (Lipinski definition) is 5. The highest BCUT2D eigenvalue weighted by Gasteiger charge is 2.35. The van der Waals surface area contributed by atoms with Crippen LogP contribution in [0.5, 0.6) is 5.75 Å². The number of benzene rings is 12. The molecule has 0 atom stereocenters. The molecule has 12 aromatic carbocycles. The van der Waals surface area contributed by atoms with Gasteiger partial charge in [-0.3, -0.25) is 60.5 Å². The van der Waals surface area contributed by atoms with Gasteiger partial charge in [0, 0.05) is 47.5 Å². The molecule has 3 aromatic heterocycles. The molecule has 146 heavy (non-hydrogen) atoms. The number of nitrogens with zero attached hydrogens (tertiary/aromatic N) is 8. The zero-order valence-electron chi connectivity index (χ0n) is 83.6. The van der Waals surface area contributed by atoms with E-state index < -0.39 is 79.7 Å². The third-order valence-electron chi connectivity index (χ3n) is 22.7. The number of rotatable bonds is 31. The summed E-state index contributed by atoms with van der Waals surface area (Å²) in [6, 6.07) is 91.2. The molecule has 34 heteroatoms. The Labute approximate surface area is 855 Å². The first kappa shape index (κ1) is 110. The maximum absolute atomic E-state index is 13.4. The molecule has 29 nitrogen and oxygen atoms in total. The third-order valence-corrected chi connectivity index (χ3v) is 31.6. The van der Waals surface area contributed by atoms with Gasteiger partial charge < -0.3 is 31.3 Å². The number of amides is 5. The number of pyridine rings is 3. The number of hydrogen-bond acceptors (Lipinski definition) is 19. The third kappa shape index (κ3) is 29.6. The summed E-state index contributed by atoms with van der Waals surface area (Å²) in [5.74, 6) is -1.69. The molecular weight excluding hydrogens is 1940 g/mol. The summed E-state index contributed by atoms with van der Waals surface area (Å²) in [4.78, 5) is 76.8. The van der Waals surface area contributed by atoms with Gasteiger partial charge in [-0.25, -0.2) is 42.1 Å². The van der Waals surface area contributed by atoms with Crippen LogP contribution in [-0.4, -0.2) is 126 Å². The SMILES string of the molecule is COc1ccccc1NC(=O)CN(c1cc(C)ccc1C)S(=O)(=O)c1ccccc1.Cc1ccc(C)c(N(CC(=O)Nc2cccnc2C)S(=O)(=O)c2ccccc2)c1.Cc1ccc(C)c(N(CC(=O)Nc2ccnc(C)c2)S(=O)(=O)c2ccccc2)c1.Cc1ccc(C)c(N(CC(=O)Nc2ccncc2C)S(=O)(=O)c2ccccc2)c1.Cc1cccc(NC(=O)CN(c2cc(C)ccc2C)S(=O)(=O)c2ccccc2)c1. The maximum atomic E-state index is 13.4. The van der Waals surface area contributed by atoms with Gasteiger partial charge in [0.1, 0.15) is 38.5 Å². The van der Waals surface area contributed by atoms with Crippen molar-refractivity contribution < 1.29 is 70.8 Å². The van der Waals surface area contributed by atoms with Crippen LogP contribution in [0.2, 0.25) is 0 Å². The Balaban J connectivity index is 0.000000174. The minimum Gasteiger partial charge on any atom is -0.495 e. The normalized spacial score (nSPS) is 11.1. The summed E-state index contributed by atoms with van der Waals surface area (Å²) in [7, 11) is -18.2. The summed E-state index contributed by atoms with van der Waals surface area (Å²) < 4.78 is 145. The second-order valence-electron chi connectivity index (χ2n) is 34.4. The average molecular weight is 2060 g/mol. The molecule has 5 amide bonds. The van der Waals surface area contributed by atoms with Gasteiger partial charge in [-0.1, -0.05) is 176 Å². The summed E-state index contributed by atoms with van der Waals surface area (Å²) in [6.45, 7) is 24.2. The number of para-hydroxylation sites is 2. The molecule has 0 unspecified atom stereocenters. The smallest absolute Gasteiger partial charge is 0.264 e. The average Bonchev–Trinajstić information content (AvgIpc) is 0.797. The van der Waals surface area contributed by atoms with Crippen LogP contribution in [0.25, 0.3) is 0 Å². The Morgan fingerprint density at radius 2 is 0.541 bits per heavy atom. The number of methoxy groups -OCH3 is 1. The standard InChI is InChI=1S/C23H24N2O4S.C23H24N2O3S.3C22H23N3O3S/c1-17-13-14-18(2)21(15-17)25(30(27,28)19-9-5-4-6-10-19)16-23(26)24-20-11-7-8-12-22(20)29-3;1-17-8-7-9-20(14-17)24-23(26)16-25(22-15-18(2)12-13-19(22)3)29(27,28)21-10-5-4-6-11-21;1-16-11-12-17(2)21(14-16)25(29(27,28)19-8-5-4-6-9-19)15-22(26)24-20-10-7-13-23-18(20)3;1-16-9-10-17(2)21(13-16)25(29(27,28)20-7-5-4-6-8-20)15-22(26)24-19-11-12-23-18(3)14-19;1-16-9-10-17(2)21(13-16)25(29(27,28)19-7-5-4-6-8-19)15-22(26)24-20-11-12-23-14-18(20)3/h4-15H,16H2,1-3H3,(H,24,26);4-15H,16H2,1-3H3,(H,24,26);4-14H,15H2,1-3H3,(H,24,26);2*4-14H,15H2,1-3H3,(H,23,24,26). The maximum Gasteiger partial charge on any atom is 0.264 e. The van der Waals surface area contributed by atoms with Crippen LogP contribution >= 0.6 is 0 Å².